The van der Waals surface area contributed by atoms with E-state index in [0.717, 1.165) is 12.0 Å². The summed E-state index contributed by atoms with van der Waals surface area (Å²) in [5, 5.41) is 19.9. The topological polar surface area (TPSA) is 78.8 Å². The molecular weight excluding hydrogens is 197 g/mol. The number of hydrogen-bond acceptors (Lipinski definition) is 4. The van der Waals surface area contributed by atoms with Gasteiger partial charge >= 0.3 is 7.32 Å². The number of amides is 1. The number of rotatable bonds is 2. The van der Waals surface area contributed by atoms with E-state index in [1.54, 1.807) is 12.1 Å². The lowest BCUT2D eigenvalue weighted by molar-refractivity contribution is 0.0945. The molecule has 1 aliphatic rings. The van der Waals surface area contributed by atoms with Crippen LogP contribution in [0.3, 0.4) is 0 Å². The third kappa shape index (κ3) is 2.11. The number of hydrogen-bond donors (Lipinski definition) is 3. The Balaban J connectivity index is 2.31. The van der Waals surface area contributed by atoms with Crippen LogP contribution in [0.15, 0.2) is 18.2 Å². The van der Waals surface area contributed by atoms with Crippen molar-refractivity contribution in [2.75, 3.05) is 6.54 Å². The molecule has 15 heavy (non-hydrogen) atoms. The van der Waals surface area contributed by atoms with Crippen LogP contribution in [0.2, 0.25) is 0 Å². The number of carbonyl (C=O) groups excluding carboxylic acids is 1. The van der Waals surface area contributed by atoms with E-state index < -0.39 is 7.32 Å². The first kappa shape index (κ1) is 10.0. The third-order valence-corrected chi connectivity index (χ3v) is 2.25. The van der Waals surface area contributed by atoms with E-state index in [4.69, 9.17) is 10.0 Å². The Bertz CT molecular complexity index is 394. The van der Waals surface area contributed by atoms with Crippen LogP contribution in [0, 0.1) is 0 Å². The highest BCUT2D eigenvalue weighted by Gasteiger charge is 2.18. The van der Waals surface area contributed by atoms with E-state index in [9.17, 15) is 4.79 Å². The smallest absolute Gasteiger partial charge is 0.512 e. The van der Waals surface area contributed by atoms with Gasteiger partial charge in [0, 0.05) is 12.1 Å². The molecule has 3 N–H and O–H groups in total. The van der Waals surface area contributed by atoms with Crippen molar-refractivity contribution in [3.05, 3.63) is 29.3 Å². The normalized spacial score (nSPS) is 14.1. The summed E-state index contributed by atoms with van der Waals surface area (Å²) in [6.45, 7) is 0.634. The van der Waals surface area contributed by atoms with Gasteiger partial charge in [-0.05, 0) is 24.1 Å². The van der Waals surface area contributed by atoms with Crippen molar-refractivity contribution >= 4 is 13.2 Å². The Morgan fingerprint density at radius 3 is 2.93 bits per heavy atom. The van der Waals surface area contributed by atoms with Crippen LogP contribution in [0.5, 0.6) is 5.75 Å². The van der Waals surface area contributed by atoms with Gasteiger partial charge in [0.2, 0.25) is 0 Å². The fourth-order valence-electron chi connectivity index (χ4n) is 1.59. The molecule has 0 saturated carbocycles. The van der Waals surface area contributed by atoms with Gasteiger partial charge in [-0.3, -0.25) is 4.79 Å². The van der Waals surface area contributed by atoms with Crippen LogP contribution >= 0.6 is 0 Å². The maximum atomic E-state index is 11.4. The van der Waals surface area contributed by atoms with Crippen LogP contribution in [0.1, 0.15) is 15.9 Å². The molecule has 6 heteroatoms. The standard InChI is InChI=1S/C9H10BNO4/c12-9-8-5-7(15-10(13)14)2-1-6(8)3-4-11-9/h1-2,5,13-14H,3-4H2,(H,11,12). The molecule has 1 aromatic carbocycles. The maximum Gasteiger partial charge on any atom is 0.707 e. The summed E-state index contributed by atoms with van der Waals surface area (Å²) in [5.74, 6) is 0.106. The number of fused-ring (bicyclic) bond motifs is 1. The molecule has 0 bridgehead atoms. The summed E-state index contributed by atoms with van der Waals surface area (Å²) >= 11 is 0. The zero-order valence-corrected chi connectivity index (χ0v) is 7.93. The minimum Gasteiger partial charge on any atom is -0.512 e. The van der Waals surface area contributed by atoms with Crippen LogP contribution in [-0.2, 0) is 6.42 Å². The third-order valence-electron chi connectivity index (χ3n) is 2.25. The minimum atomic E-state index is -1.87. The fourth-order valence-corrected chi connectivity index (χ4v) is 1.59. The molecule has 0 radical (unpaired) electrons. The average molecular weight is 207 g/mol. The summed E-state index contributed by atoms with van der Waals surface area (Å²) in [6.07, 6.45) is 0.781. The summed E-state index contributed by atoms with van der Waals surface area (Å²) in [4.78, 5) is 11.4. The van der Waals surface area contributed by atoms with E-state index in [0.29, 0.717) is 12.1 Å². The molecule has 78 valence electrons. The molecule has 1 heterocycles. The lowest BCUT2D eigenvalue weighted by Crippen LogP contribution is -2.32. The number of benzene rings is 1. The predicted octanol–water partition coefficient (Wildman–Crippen LogP) is -0.679. The quantitative estimate of drug-likeness (QED) is 0.561. The van der Waals surface area contributed by atoms with Crippen molar-refractivity contribution in [2.45, 2.75) is 6.42 Å². The first-order valence-electron chi connectivity index (χ1n) is 4.61. The molecule has 2 rings (SSSR count). The van der Waals surface area contributed by atoms with Gasteiger partial charge in [0.25, 0.3) is 5.91 Å². The summed E-state index contributed by atoms with van der Waals surface area (Å²) < 4.78 is 4.66. The Labute approximate surface area is 86.9 Å². The van der Waals surface area contributed by atoms with Gasteiger partial charge in [-0.25, -0.2) is 0 Å². The van der Waals surface area contributed by atoms with E-state index in [2.05, 4.69) is 9.97 Å². The molecule has 0 aliphatic carbocycles. The summed E-state index contributed by atoms with van der Waals surface area (Å²) in [5.41, 5.74) is 1.47. The molecular formula is C9H10BNO4. The van der Waals surface area contributed by atoms with E-state index >= 15 is 0 Å². The van der Waals surface area contributed by atoms with Gasteiger partial charge in [-0.2, -0.15) is 0 Å². The lowest BCUT2D eigenvalue weighted by atomic mass is 10.00. The van der Waals surface area contributed by atoms with Gasteiger partial charge in [0.1, 0.15) is 5.75 Å². The van der Waals surface area contributed by atoms with Gasteiger partial charge in [-0.1, -0.05) is 6.07 Å². The van der Waals surface area contributed by atoms with Gasteiger partial charge in [0.15, 0.2) is 0 Å². The Hall–Kier alpha value is -1.53. The lowest BCUT2D eigenvalue weighted by Gasteiger charge is -2.17. The summed E-state index contributed by atoms with van der Waals surface area (Å²) in [7, 11) is -1.87. The van der Waals surface area contributed by atoms with Gasteiger partial charge in [-0.15, -0.1) is 0 Å². The number of nitrogens with one attached hydrogen (secondary N) is 1. The minimum absolute atomic E-state index is 0.158. The summed E-state index contributed by atoms with van der Waals surface area (Å²) in [6, 6.07) is 4.87. The zero-order chi connectivity index (χ0) is 10.8. The second-order valence-electron chi connectivity index (χ2n) is 3.27. The average Bonchev–Trinajstić information content (AvgIpc) is 2.18. The second kappa shape index (κ2) is 3.92. The predicted molar refractivity (Wildman–Crippen MR) is 53.3 cm³/mol. The second-order valence-corrected chi connectivity index (χ2v) is 3.27. The SMILES string of the molecule is O=C1NCCc2ccc(OB(O)O)cc21. The van der Waals surface area contributed by atoms with E-state index in [1.807, 2.05) is 0 Å². The van der Waals surface area contributed by atoms with Crippen LogP contribution < -0.4 is 9.97 Å². The van der Waals surface area contributed by atoms with Gasteiger partial charge in [0.05, 0.1) is 0 Å². The Morgan fingerprint density at radius 2 is 2.20 bits per heavy atom. The molecule has 1 aliphatic heterocycles. The highest BCUT2D eigenvalue weighted by atomic mass is 16.6. The van der Waals surface area contributed by atoms with Crippen LogP contribution in [0.25, 0.3) is 0 Å². The first-order chi connectivity index (χ1) is 7.16. The molecule has 0 unspecified atom stereocenters. The van der Waals surface area contributed by atoms with Crippen molar-refractivity contribution in [1.29, 1.82) is 0 Å². The maximum absolute atomic E-state index is 11.4. The highest BCUT2D eigenvalue weighted by Crippen LogP contribution is 2.20. The van der Waals surface area contributed by atoms with E-state index in [1.165, 1.54) is 6.07 Å². The van der Waals surface area contributed by atoms with E-state index in [-0.39, 0.29) is 11.7 Å². The molecule has 0 aromatic heterocycles. The Morgan fingerprint density at radius 1 is 1.40 bits per heavy atom. The van der Waals surface area contributed by atoms with Crippen molar-refractivity contribution < 1.29 is 19.5 Å². The first-order valence-corrected chi connectivity index (χ1v) is 4.61. The largest absolute Gasteiger partial charge is 0.707 e. The molecule has 5 nitrogen and oxygen atoms in total. The monoisotopic (exact) mass is 207 g/mol. The van der Waals surface area contributed by atoms with Crippen molar-refractivity contribution in [3.8, 4) is 5.75 Å². The zero-order valence-electron chi connectivity index (χ0n) is 7.93. The van der Waals surface area contributed by atoms with Gasteiger partial charge < -0.3 is 20.0 Å². The molecule has 1 aromatic rings. The molecule has 0 atom stereocenters. The molecule has 0 saturated heterocycles. The fraction of sp³-hybridized carbons (Fsp3) is 0.222. The van der Waals surface area contributed by atoms with Crippen molar-refractivity contribution in [1.82, 2.24) is 5.32 Å². The molecule has 1 amide bonds. The molecule has 0 spiro atoms. The van der Waals surface area contributed by atoms with Crippen molar-refractivity contribution in [2.24, 2.45) is 0 Å². The molecule has 0 fully saturated rings. The van der Waals surface area contributed by atoms with Crippen LogP contribution in [0.4, 0.5) is 0 Å². The Kier molecular flexibility index (Phi) is 2.61. The highest BCUT2D eigenvalue weighted by molar-refractivity contribution is 6.33. The van der Waals surface area contributed by atoms with Crippen LogP contribution in [-0.4, -0.2) is 29.8 Å². The van der Waals surface area contributed by atoms with Crippen molar-refractivity contribution in [3.63, 3.8) is 0 Å². The number of carbonyl (C=O) groups is 1.